The van der Waals surface area contributed by atoms with Crippen molar-refractivity contribution < 1.29 is 38.1 Å². The van der Waals surface area contributed by atoms with Gasteiger partial charge in [0.05, 0.1) is 0 Å². The Balaban J connectivity index is 3.36. The Bertz CT molecular complexity index is 461. The molecule has 0 rings (SSSR count). The standard InChI is InChI=1S/C18H34N4O8/c1-3-5-15(23)27-13-29-17(25)21-11-9-19-7-8-20-10-12-22-18(26)30-14-28-16(24)6-4-2/h19-20H,3-14H2,1-2H3,(H,21,25)(H,22,26). The zero-order valence-corrected chi connectivity index (χ0v) is 17.8. The number of hydrogen-bond donors (Lipinski definition) is 4. The molecular formula is C18H34N4O8. The average Bonchev–Trinajstić information content (AvgIpc) is 2.69. The van der Waals surface area contributed by atoms with Crippen molar-refractivity contribution in [2.24, 2.45) is 0 Å². The maximum atomic E-state index is 11.3. The van der Waals surface area contributed by atoms with E-state index >= 15 is 0 Å². The van der Waals surface area contributed by atoms with Gasteiger partial charge in [0.1, 0.15) is 0 Å². The fraction of sp³-hybridized carbons (Fsp3) is 0.778. The van der Waals surface area contributed by atoms with Crippen LogP contribution in [0.15, 0.2) is 0 Å². The number of carbonyl (C=O) groups excluding carboxylic acids is 4. The Morgan fingerprint density at radius 3 is 1.30 bits per heavy atom. The third kappa shape index (κ3) is 18.7. The number of nitrogens with one attached hydrogen (secondary N) is 4. The van der Waals surface area contributed by atoms with Gasteiger partial charge in [-0.15, -0.1) is 0 Å². The van der Waals surface area contributed by atoms with E-state index in [0.717, 1.165) is 0 Å². The van der Waals surface area contributed by atoms with E-state index in [4.69, 9.17) is 18.9 Å². The van der Waals surface area contributed by atoms with Crippen molar-refractivity contribution in [3.8, 4) is 0 Å². The van der Waals surface area contributed by atoms with Crippen molar-refractivity contribution >= 4 is 24.1 Å². The van der Waals surface area contributed by atoms with Gasteiger partial charge in [0.2, 0.25) is 13.6 Å². The van der Waals surface area contributed by atoms with Crippen LogP contribution in [-0.4, -0.2) is 77.0 Å². The van der Waals surface area contributed by atoms with Crippen LogP contribution >= 0.6 is 0 Å². The first-order valence-electron chi connectivity index (χ1n) is 10.0. The summed E-state index contributed by atoms with van der Waals surface area (Å²) in [4.78, 5) is 44.8. The first kappa shape index (κ1) is 27.4. The third-order valence-corrected chi connectivity index (χ3v) is 3.35. The van der Waals surface area contributed by atoms with Gasteiger partial charge < -0.3 is 40.2 Å². The minimum Gasteiger partial charge on any atom is -0.428 e. The predicted octanol–water partition coefficient (Wildman–Crippen LogP) is 0.220. The lowest BCUT2D eigenvalue weighted by atomic mass is 10.3. The Labute approximate surface area is 176 Å². The number of amides is 2. The molecule has 0 unspecified atom stereocenters. The van der Waals surface area contributed by atoms with E-state index in [-0.39, 0.29) is 0 Å². The van der Waals surface area contributed by atoms with Crippen molar-refractivity contribution in [1.82, 2.24) is 21.3 Å². The van der Waals surface area contributed by atoms with E-state index in [1.807, 2.05) is 13.8 Å². The zero-order valence-electron chi connectivity index (χ0n) is 17.8. The number of carbonyl (C=O) groups is 4. The maximum absolute atomic E-state index is 11.3. The van der Waals surface area contributed by atoms with Gasteiger partial charge in [-0.25, -0.2) is 9.59 Å². The molecule has 0 bridgehead atoms. The van der Waals surface area contributed by atoms with Gasteiger partial charge >= 0.3 is 24.1 Å². The lowest BCUT2D eigenvalue weighted by Gasteiger charge is -2.09. The number of alkyl carbamates (subject to hydrolysis) is 2. The van der Waals surface area contributed by atoms with Crippen molar-refractivity contribution in [2.75, 3.05) is 52.9 Å². The first-order valence-corrected chi connectivity index (χ1v) is 10.0. The van der Waals surface area contributed by atoms with E-state index in [9.17, 15) is 19.2 Å². The van der Waals surface area contributed by atoms with Crippen molar-refractivity contribution in [1.29, 1.82) is 0 Å². The predicted molar refractivity (Wildman–Crippen MR) is 106 cm³/mol. The summed E-state index contributed by atoms with van der Waals surface area (Å²) in [5, 5.41) is 11.2. The van der Waals surface area contributed by atoms with E-state index in [2.05, 4.69) is 21.3 Å². The molecule has 4 N–H and O–H groups in total. The Kier molecular flexibility index (Phi) is 18.0. The highest BCUT2D eigenvalue weighted by Crippen LogP contribution is 1.92. The van der Waals surface area contributed by atoms with E-state index in [1.165, 1.54) is 0 Å². The third-order valence-electron chi connectivity index (χ3n) is 3.35. The molecule has 0 fully saturated rings. The molecule has 30 heavy (non-hydrogen) atoms. The van der Waals surface area contributed by atoms with E-state index < -0.39 is 37.7 Å². The molecule has 0 aliphatic heterocycles. The molecule has 0 aromatic heterocycles. The summed E-state index contributed by atoms with van der Waals surface area (Å²) < 4.78 is 18.8. The molecule has 0 aromatic rings. The molecule has 12 heteroatoms. The van der Waals surface area contributed by atoms with Crippen molar-refractivity contribution in [2.45, 2.75) is 39.5 Å². The highest BCUT2D eigenvalue weighted by atomic mass is 16.7. The Morgan fingerprint density at radius 1 is 0.567 bits per heavy atom. The SMILES string of the molecule is CCCC(=O)OCOC(=O)NCCNCCNCCNC(=O)OCOC(=O)CCC. The summed E-state index contributed by atoms with van der Waals surface area (Å²) in [7, 11) is 0. The van der Waals surface area contributed by atoms with Gasteiger partial charge in [-0.2, -0.15) is 0 Å². The van der Waals surface area contributed by atoms with Crippen LogP contribution in [0.4, 0.5) is 9.59 Å². The number of ether oxygens (including phenoxy) is 4. The number of esters is 2. The van der Waals surface area contributed by atoms with Gasteiger partial charge in [-0.1, -0.05) is 13.8 Å². The highest BCUT2D eigenvalue weighted by Gasteiger charge is 2.05. The summed E-state index contributed by atoms with van der Waals surface area (Å²) >= 11 is 0. The average molecular weight is 434 g/mol. The molecular weight excluding hydrogens is 400 g/mol. The molecule has 0 radical (unpaired) electrons. The second-order valence-corrected chi connectivity index (χ2v) is 5.99. The Morgan fingerprint density at radius 2 is 0.933 bits per heavy atom. The summed E-state index contributed by atoms with van der Waals surface area (Å²) in [6.45, 7) is 6.01. The van der Waals surface area contributed by atoms with Crippen LogP contribution in [0, 0.1) is 0 Å². The highest BCUT2D eigenvalue weighted by molar-refractivity contribution is 5.70. The summed E-state index contributed by atoms with van der Waals surface area (Å²) in [6.07, 6.45) is 0.618. The second kappa shape index (κ2) is 19.7. The molecule has 0 saturated heterocycles. The summed E-state index contributed by atoms with van der Waals surface area (Å²) in [5.41, 5.74) is 0. The van der Waals surface area contributed by atoms with Crippen LogP contribution in [0.3, 0.4) is 0 Å². The molecule has 0 saturated carbocycles. The molecule has 0 aliphatic carbocycles. The maximum Gasteiger partial charge on any atom is 0.410 e. The van der Waals surface area contributed by atoms with Crippen LogP contribution in [-0.2, 0) is 28.5 Å². The van der Waals surface area contributed by atoms with Crippen LogP contribution in [0.5, 0.6) is 0 Å². The largest absolute Gasteiger partial charge is 0.428 e. The topological polar surface area (TPSA) is 153 Å². The molecule has 12 nitrogen and oxygen atoms in total. The normalized spacial score (nSPS) is 10.1. The molecule has 174 valence electrons. The minimum absolute atomic E-state index is 0.291. The van der Waals surface area contributed by atoms with Gasteiger partial charge in [0.25, 0.3) is 0 Å². The number of rotatable bonds is 17. The van der Waals surface area contributed by atoms with Gasteiger partial charge in [0.15, 0.2) is 0 Å². The minimum atomic E-state index is -0.655. The lowest BCUT2D eigenvalue weighted by Crippen LogP contribution is -2.37. The first-order chi connectivity index (χ1) is 14.5. The van der Waals surface area contributed by atoms with Crippen LogP contribution in [0.25, 0.3) is 0 Å². The van der Waals surface area contributed by atoms with E-state index in [1.54, 1.807) is 0 Å². The quantitative estimate of drug-likeness (QED) is 0.142. The fourth-order valence-electron chi connectivity index (χ4n) is 1.88. The van der Waals surface area contributed by atoms with E-state index in [0.29, 0.717) is 65.0 Å². The van der Waals surface area contributed by atoms with Crippen LogP contribution in [0.1, 0.15) is 39.5 Å². The Hall–Kier alpha value is -2.60. The molecule has 0 heterocycles. The number of hydrogen-bond acceptors (Lipinski definition) is 10. The van der Waals surface area contributed by atoms with Crippen LogP contribution in [0.2, 0.25) is 0 Å². The summed E-state index contributed by atoms with van der Waals surface area (Å²) in [5.74, 6) is -0.807. The molecule has 0 aromatic carbocycles. The molecule has 2 amide bonds. The fourth-order valence-corrected chi connectivity index (χ4v) is 1.88. The van der Waals surface area contributed by atoms with Gasteiger partial charge in [0, 0.05) is 52.1 Å². The molecule has 0 spiro atoms. The van der Waals surface area contributed by atoms with Crippen molar-refractivity contribution in [3.05, 3.63) is 0 Å². The molecule has 0 aliphatic rings. The van der Waals surface area contributed by atoms with Gasteiger partial charge in [-0.3, -0.25) is 9.59 Å². The smallest absolute Gasteiger partial charge is 0.410 e. The monoisotopic (exact) mass is 434 g/mol. The summed E-state index contributed by atoms with van der Waals surface area (Å²) in [6, 6.07) is 0. The zero-order chi connectivity index (χ0) is 22.5. The van der Waals surface area contributed by atoms with Gasteiger partial charge in [-0.05, 0) is 12.8 Å². The second-order valence-electron chi connectivity index (χ2n) is 5.99. The lowest BCUT2D eigenvalue weighted by molar-refractivity contribution is -0.153. The van der Waals surface area contributed by atoms with Crippen molar-refractivity contribution in [3.63, 3.8) is 0 Å². The van der Waals surface area contributed by atoms with Crippen LogP contribution < -0.4 is 21.3 Å². The molecule has 0 atom stereocenters.